The quantitative estimate of drug-likeness (QED) is 0.438. The lowest BCUT2D eigenvalue weighted by Crippen LogP contribution is -2.13. The molecule has 29 heavy (non-hydrogen) atoms. The number of aryl methyl sites for hydroxylation is 2. The Balaban J connectivity index is 1.43. The van der Waals surface area contributed by atoms with Gasteiger partial charge >= 0.3 is 0 Å². The molecule has 3 N–H and O–H groups in total. The molecule has 4 aromatic rings. The van der Waals surface area contributed by atoms with E-state index < -0.39 is 0 Å². The number of nitrogens with two attached hydrogens (primary N) is 1. The van der Waals surface area contributed by atoms with Crippen LogP contribution in [0.3, 0.4) is 0 Å². The van der Waals surface area contributed by atoms with Gasteiger partial charge in [-0.1, -0.05) is 41.1 Å². The molecule has 0 bridgehead atoms. The fourth-order valence-electron chi connectivity index (χ4n) is 2.85. The van der Waals surface area contributed by atoms with Gasteiger partial charge in [-0.15, -0.1) is 16.4 Å². The third kappa shape index (κ3) is 4.64. The van der Waals surface area contributed by atoms with Crippen LogP contribution in [0.15, 0.2) is 66.2 Å². The predicted molar refractivity (Wildman–Crippen MR) is 117 cm³/mol. The SMILES string of the molecule is Nc1ccc(-c2cccs2)cc1NC(=O)c1cn(CCc2ccc(Cl)cc2)nn1. The first-order chi connectivity index (χ1) is 14.1. The van der Waals surface area contributed by atoms with E-state index in [9.17, 15) is 4.79 Å². The summed E-state index contributed by atoms with van der Waals surface area (Å²) in [7, 11) is 0. The Bertz CT molecular complexity index is 1120. The molecule has 0 aliphatic heterocycles. The summed E-state index contributed by atoms with van der Waals surface area (Å²) in [6.45, 7) is 0.609. The van der Waals surface area contributed by atoms with Crippen molar-refractivity contribution in [3.05, 3.63) is 82.5 Å². The van der Waals surface area contributed by atoms with Crippen molar-refractivity contribution >= 4 is 40.2 Å². The first kappa shape index (κ1) is 19.2. The smallest absolute Gasteiger partial charge is 0.277 e. The molecular weight excluding hydrogens is 406 g/mol. The fourth-order valence-corrected chi connectivity index (χ4v) is 3.70. The minimum absolute atomic E-state index is 0.238. The highest BCUT2D eigenvalue weighted by Crippen LogP contribution is 2.30. The molecule has 0 aliphatic carbocycles. The second kappa shape index (κ2) is 8.46. The molecule has 0 aliphatic rings. The van der Waals surface area contributed by atoms with Crippen molar-refractivity contribution in [2.24, 2.45) is 0 Å². The number of amides is 1. The molecule has 0 atom stereocenters. The van der Waals surface area contributed by atoms with E-state index in [1.807, 2.05) is 53.9 Å². The van der Waals surface area contributed by atoms with Crippen LogP contribution in [0.25, 0.3) is 10.4 Å². The van der Waals surface area contributed by atoms with Crippen LogP contribution in [0.5, 0.6) is 0 Å². The average molecular weight is 424 g/mol. The van der Waals surface area contributed by atoms with E-state index in [-0.39, 0.29) is 11.6 Å². The number of anilines is 2. The van der Waals surface area contributed by atoms with Gasteiger partial charge in [-0.05, 0) is 53.3 Å². The number of hydrogen-bond donors (Lipinski definition) is 2. The number of rotatable bonds is 6. The number of benzene rings is 2. The molecule has 2 aromatic carbocycles. The zero-order valence-electron chi connectivity index (χ0n) is 15.4. The van der Waals surface area contributed by atoms with Gasteiger partial charge in [0.1, 0.15) is 0 Å². The van der Waals surface area contributed by atoms with Crippen LogP contribution < -0.4 is 11.1 Å². The lowest BCUT2D eigenvalue weighted by molar-refractivity contribution is 0.102. The van der Waals surface area contributed by atoms with Gasteiger partial charge in [0, 0.05) is 16.4 Å². The molecule has 0 saturated carbocycles. The maximum atomic E-state index is 12.6. The van der Waals surface area contributed by atoms with Crippen molar-refractivity contribution < 1.29 is 4.79 Å². The molecule has 8 heteroatoms. The average Bonchev–Trinajstić information content (AvgIpc) is 3.41. The van der Waals surface area contributed by atoms with Gasteiger partial charge in [0.25, 0.3) is 5.91 Å². The summed E-state index contributed by atoms with van der Waals surface area (Å²) in [5, 5.41) is 13.6. The van der Waals surface area contributed by atoms with Gasteiger partial charge < -0.3 is 11.1 Å². The molecule has 0 spiro atoms. The Kier molecular flexibility index (Phi) is 5.59. The number of nitrogen functional groups attached to an aromatic ring is 1. The highest BCUT2D eigenvalue weighted by molar-refractivity contribution is 7.13. The van der Waals surface area contributed by atoms with Crippen LogP contribution >= 0.6 is 22.9 Å². The normalized spacial score (nSPS) is 10.8. The Morgan fingerprint density at radius 1 is 1.17 bits per heavy atom. The molecule has 0 fully saturated rings. The van der Waals surface area contributed by atoms with Gasteiger partial charge in [-0.3, -0.25) is 9.48 Å². The molecule has 0 radical (unpaired) electrons. The van der Waals surface area contributed by atoms with Gasteiger partial charge in [0.05, 0.1) is 17.6 Å². The van der Waals surface area contributed by atoms with E-state index in [4.69, 9.17) is 17.3 Å². The highest BCUT2D eigenvalue weighted by atomic mass is 35.5. The molecule has 146 valence electrons. The van der Waals surface area contributed by atoms with Crippen LogP contribution in [0, 0.1) is 0 Å². The van der Waals surface area contributed by atoms with Gasteiger partial charge in [-0.25, -0.2) is 0 Å². The van der Waals surface area contributed by atoms with Crippen molar-refractivity contribution in [2.75, 3.05) is 11.1 Å². The van der Waals surface area contributed by atoms with Gasteiger partial charge in [-0.2, -0.15) is 0 Å². The Hall–Kier alpha value is -3.16. The fraction of sp³-hybridized carbons (Fsp3) is 0.0952. The molecular formula is C21H18ClN5OS. The molecule has 2 heterocycles. The number of halogens is 1. The van der Waals surface area contributed by atoms with Gasteiger partial charge in [0.2, 0.25) is 0 Å². The van der Waals surface area contributed by atoms with Crippen molar-refractivity contribution in [1.29, 1.82) is 0 Å². The van der Waals surface area contributed by atoms with E-state index in [0.29, 0.717) is 22.9 Å². The number of hydrogen-bond acceptors (Lipinski definition) is 5. The predicted octanol–water partition coefficient (Wildman–Crippen LogP) is 4.74. The van der Waals surface area contributed by atoms with Crippen LogP contribution in [0.4, 0.5) is 11.4 Å². The summed E-state index contributed by atoms with van der Waals surface area (Å²) < 4.78 is 1.65. The molecule has 2 aromatic heterocycles. The number of thiophene rings is 1. The van der Waals surface area contributed by atoms with Crippen molar-refractivity contribution in [2.45, 2.75) is 13.0 Å². The highest BCUT2D eigenvalue weighted by Gasteiger charge is 2.13. The van der Waals surface area contributed by atoms with Crippen LogP contribution in [0.2, 0.25) is 5.02 Å². The third-order valence-electron chi connectivity index (χ3n) is 4.42. The summed E-state index contributed by atoms with van der Waals surface area (Å²) in [6, 6.07) is 17.2. The molecule has 1 amide bonds. The van der Waals surface area contributed by atoms with Crippen molar-refractivity contribution in [3.63, 3.8) is 0 Å². The molecule has 6 nitrogen and oxygen atoms in total. The Morgan fingerprint density at radius 3 is 2.76 bits per heavy atom. The van der Waals surface area contributed by atoms with E-state index in [0.717, 1.165) is 22.4 Å². The number of nitrogens with one attached hydrogen (secondary N) is 1. The standard InChI is InChI=1S/C21H18ClN5OS/c22-16-6-3-14(4-7-16)9-10-27-13-19(25-26-27)21(28)24-18-12-15(5-8-17(18)23)20-2-1-11-29-20/h1-8,11-13H,9-10,23H2,(H,24,28). The lowest BCUT2D eigenvalue weighted by Gasteiger charge is -2.08. The minimum Gasteiger partial charge on any atom is -0.397 e. The second-order valence-corrected chi connectivity index (χ2v) is 7.86. The third-order valence-corrected chi connectivity index (χ3v) is 5.59. The van der Waals surface area contributed by atoms with Crippen LogP contribution in [-0.2, 0) is 13.0 Å². The zero-order chi connectivity index (χ0) is 20.2. The monoisotopic (exact) mass is 423 g/mol. The first-order valence-corrected chi connectivity index (χ1v) is 10.2. The first-order valence-electron chi connectivity index (χ1n) is 8.98. The molecule has 0 unspecified atom stereocenters. The van der Waals surface area contributed by atoms with E-state index in [1.165, 1.54) is 0 Å². The molecule has 0 saturated heterocycles. The summed E-state index contributed by atoms with van der Waals surface area (Å²) in [4.78, 5) is 13.7. The number of nitrogens with zero attached hydrogens (tertiary/aromatic N) is 3. The molecule has 4 rings (SSSR count). The number of carbonyl (C=O) groups is 1. The maximum absolute atomic E-state index is 12.6. The van der Waals surface area contributed by atoms with Crippen molar-refractivity contribution in [1.82, 2.24) is 15.0 Å². The zero-order valence-corrected chi connectivity index (χ0v) is 17.0. The van der Waals surface area contributed by atoms with Gasteiger partial charge in [0.15, 0.2) is 5.69 Å². The minimum atomic E-state index is -0.349. The summed E-state index contributed by atoms with van der Waals surface area (Å²) >= 11 is 7.53. The second-order valence-electron chi connectivity index (χ2n) is 6.48. The topological polar surface area (TPSA) is 85.8 Å². The summed E-state index contributed by atoms with van der Waals surface area (Å²) in [5.74, 6) is -0.349. The summed E-state index contributed by atoms with van der Waals surface area (Å²) in [5.41, 5.74) is 9.45. The van der Waals surface area contributed by atoms with Crippen molar-refractivity contribution in [3.8, 4) is 10.4 Å². The maximum Gasteiger partial charge on any atom is 0.277 e. The number of carbonyl (C=O) groups excluding carboxylic acids is 1. The van der Waals surface area contributed by atoms with Crippen LogP contribution in [0.1, 0.15) is 16.1 Å². The summed E-state index contributed by atoms with van der Waals surface area (Å²) in [6.07, 6.45) is 2.39. The number of aromatic nitrogens is 3. The largest absolute Gasteiger partial charge is 0.397 e. The van der Waals surface area contributed by atoms with E-state index in [1.54, 1.807) is 28.3 Å². The Morgan fingerprint density at radius 2 is 2.00 bits per heavy atom. The van der Waals surface area contributed by atoms with Crippen LogP contribution in [-0.4, -0.2) is 20.9 Å². The lowest BCUT2D eigenvalue weighted by atomic mass is 10.1. The van der Waals surface area contributed by atoms with E-state index in [2.05, 4.69) is 15.6 Å². The van der Waals surface area contributed by atoms with E-state index >= 15 is 0 Å². The Labute approximate surface area is 176 Å².